The number of halogens is 1. The van der Waals surface area contributed by atoms with Crippen LogP contribution in [0.3, 0.4) is 0 Å². The van der Waals surface area contributed by atoms with Gasteiger partial charge in [-0.15, -0.1) is 0 Å². The summed E-state index contributed by atoms with van der Waals surface area (Å²) >= 11 is 0. The molecule has 0 aliphatic carbocycles. The Morgan fingerprint density at radius 3 is 2.62 bits per heavy atom. The van der Waals surface area contributed by atoms with Crippen molar-refractivity contribution >= 4 is 17.4 Å². The maximum Gasteiger partial charge on any atom is 0.275 e. The summed E-state index contributed by atoms with van der Waals surface area (Å²) in [4.78, 5) is 26.1. The maximum atomic E-state index is 13.5. The van der Waals surface area contributed by atoms with Crippen LogP contribution in [0.15, 0.2) is 85.3 Å². The lowest BCUT2D eigenvalue weighted by molar-refractivity contribution is 0.102. The van der Waals surface area contributed by atoms with E-state index < -0.39 is 5.91 Å². The third-order valence-electron chi connectivity index (χ3n) is 5.30. The number of fused-ring (bicyclic) bond motifs is 1. The van der Waals surface area contributed by atoms with Crippen molar-refractivity contribution < 1.29 is 13.9 Å². The predicted octanol–water partition coefficient (Wildman–Crippen LogP) is 5.07. The van der Waals surface area contributed by atoms with Crippen molar-refractivity contribution in [3.63, 3.8) is 0 Å². The minimum absolute atomic E-state index is 0.144. The number of amides is 1. The zero-order valence-corrected chi connectivity index (χ0v) is 18.3. The molecule has 0 unspecified atom stereocenters. The van der Waals surface area contributed by atoms with E-state index in [0.29, 0.717) is 29.3 Å². The van der Waals surface area contributed by atoms with Crippen LogP contribution in [0.4, 0.5) is 10.2 Å². The van der Waals surface area contributed by atoms with Crippen molar-refractivity contribution in [3.8, 4) is 17.1 Å². The Balaban J connectivity index is 1.45. The number of rotatable bonds is 6. The van der Waals surface area contributed by atoms with Gasteiger partial charge in [0.2, 0.25) is 5.88 Å². The quantitative estimate of drug-likeness (QED) is 0.388. The largest absolute Gasteiger partial charge is 0.473 e. The maximum absolute atomic E-state index is 13.5. The lowest BCUT2D eigenvalue weighted by atomic mass is 10.1. The van der Waals surface area contributed by atoms with Crippen LogP contribution in [0.25, 0.3) is 16.9 Å². The zero-order valence-electron chi connectivity index (χ0n) is 18.3. The van der Waals surface area contributed by atoms with Gasteiger partial charge in [0.05, 0.1) is 0 Å². The number of pyridine rings is 1. The molecular formula is C26H20FN5O2. The molecule has 5 aromatic rings. The van der Waals surface area contributed by atoms with E-state index in [-0.39, 0.29) is 17.4 Å². The SMILES string of the molecule is Cc1cccn2c(NC(=O)c3cc(OCc4ccccc4)ncn3)c(-c3ccc(F)cc3)nc12. The van der Waals surface area contributed by atoms with E-state index in [2.05, 4.69) is 15.3 Å². The number of nitrogens with one attached hydrogen (secondary N) is 1. The molecule has 168 valence electrons. The van der Waals surface area contributed by atoms with Crippen LogP contribution >= 0.6 is 0 Å². The first-order valence-corrected chi connectivity index (χ1v) is 10.6. The highest BCUT2D eigenvalue weighted by Gasteiger charge is 2.19. The average Bonchev–Trinajstić information content (AvgIpc) is 3.23. The molecule has 8 heteroatoms. The first-order valence-electron chi connectivity index (χ1n) is 10.6. The molecule has 0 atom stereocenters. The molecule has 7 nitrogen and oxygen atoms in total. The number of imidazole rings is 1. The number of hydrogen-bond acceptors (Lipinski definition) is 5. The van der Waals surface area contributed by atoms with E-state index in [1.54, 1.807) is 16.5 Å². The number of aromatic nitrogens is 4. The van der Waals surface area contributed by atoms with E-state index in [9.17, 15) is 9.18 Å². The summed E-state index contributed by atoms with van der Waals surface area (Å²) in [5, 5.41) is 2.91. The van der Waals surface area contributed by atoms with E-state index in [1.165, 1.54) is 24.5 Å². The summed E-state index contributed by atoms with van der Waals surface area (Å²) in [7, 11) is 0. The van der Waals surface area contributed by atoms with Gasteiger partial charge >= 0.3 is 0 Å². The second-order valence-electron chi connectivity index (χ2n) is 7.67. The van der Waals surface area contributed by atoms with E-state index in [4.69, 9.17) is 9.72 Å². The highest BCUT2D eigenvalue weighted by Crippen LogP contribution is 2.30. The van der Waals surface area contributed by atoms with E-state index in [0.717, 1.165) is 11.1 Å². The molecule has 0 bridgehead atoms. The van der Waals surface area contributed by atoms with E-state index in [1.807, 2.05) is 55.6 Å². The number of aryl methyl sites for hydroxylation is 1. The fourth-order valence-electron chi connectivity index (χ4n) is 3.58. The fraction of sp³-hybridized carbons (Fsp3) is 0.0769. The minimum atomic E-state index is -0.446. The van der Waals surface area contributed by atoms with Gasteiger partial charge in [-0.1, -0.05) is 36.4 Å². The molecule has 0 aliphatic heterocycles. The van der Waals surface area contributed by atoms with Crippen molar-refractivity contribution in [2.45, 2.75) is 13.5 Å². The average molecular weight is 453 g/mol. The van der Waals surface area contributed by atoms with Gasteiger partial charge in [-0.2, -0.15) is 0 Å². The third kappa shape index (κ3) is 4.33. The van der Waals surface area contributed by atoms with Gasteiger partial charge < -0.3 is 10.1 Å². The Labute approximate surface area is 194 Å². The van der Waals surface area contributed by atoms with Crippen LogP contribution in [0, 0.1) is 12.7 Å². The fourth-order valence-corrected chi connectivity index (χ4v) is 3.58. The summed E-state index contributed by atoms with van der Waals surface area (Å²) in [6.07, 6.45) is 3.10. The summed E-state index contributed by atoms with van der Waals surface area (Å²) in [5.74, 6) is -0.0469. The van der Waals surface area contributed by atoms with Gasteiger partial charge in [0.1, 0.15) is 41.6 Å². The molecule has 2 aromatic carbocycles. The molecule has 0 saturated heterocycles. The molecule has 0 radical (unpaired) electrons. The van der Waals surface area contributed by atoms with Gasteiger partial charge in [0, 0.05) is 17.8 Å². The third-order valence-corrected chi connectivity index (χ3v) is 5.30. The topological polar surface area (TPSA) is 81.4 Å². The monoisotopic (exact) mass is 453 g/mol. The summed E-state index contributed by atoms with van der Waals surface area (Å²) < 4.78 is 21.0. The van der Waals surface area contributed by atoms with Crippen LogP contribution in [0.2, 0.25) is 0 Å². The molecule has 1 amide bonds. The molecule has 34 heavy (non-hydrogen) atoms. The molecule has 1 N–H and O–H groups in total. The Kier molecular flexibility index (Phi) is 5.70. The molecule has 3 heterocycles. The van der Waals surface area contributed by atoms with Crippen LogP contribution < -0.4 is 10.1 Å². The van der Waals surface area contributed by atoms with Crippen LogP contribution in [0.1, 0.15) is 21.6 Å². The number of carbonyl (C=O) groups is 1. The van der Waals surface area contributed by atoms with Crippen molar-refractivity contribution in [3.05, 3.63) is 108 Å². The molecule has 0 fully saturated rings. The van der Waals surface area contributed by atoms with Crippen molar-refractivity contribution in [1.29, 1.82) is 0 Å². The van der Waals surface area contributed by atoms with Gasteiger partial charge in [-0.05, 0) is 48.4 Å². The van der Waals surface area contributed by atoms with Gasteiger partial charge in [0.25, 0.3) is 5.91 Å². The molecular weight excluding hydrogens is 433 g/mol. The van der Waals surface area contributed by atoms with Gasteiger partial charge in [-0.25, -0.2) is 19.3 Å². The lowest BCUT2D eigenvalue weighted by Gasteiger charge is -2.09. The summed E-state index contributed by atoms with van der Waals surface area (Å²) in [6.45, 7) is 2.25. The van der Waals surface area contributed by atoms with Crippen LogP contribution in [0.5, 0.6) is 5.88 Å². The number of carbonyl (C=O) groups excluding carboxylic acids is 1. The second-order valence-corrected chi connectivity index (χ2v) is 7.67. The van der Waals surface area contributed by atoms with Crippen molar-refractivity contribution in [2.75, 3.05) is 5.32 Å². The van der Waals surface area contributed by atoms with E-state index >= 15 is 0 Å². The van der Waals surface area contributed by atoms with Crippen LogP contribution in [-0.2, 0) is 6.61 Å². The Hall–Kier alpha value is -4.59. The first-order chi connectivity index (χ1) is 16.6. The van der Waals surface area contributed by atoms with Gasteiger partial charge in [-0.3, -0.25) is 9.20 Å². The first kappa shape index (κ1) is 21.3. The number of hydrogen-bond donors (Lipinski definition) is 1. The highest BCUT2D eigenvalue weighted by molar-refractivity contribution is 6.04. The predicted molar refractivity (Wildman–Crippen MR) is 126 cm³/mol. The number of anilines is 1. The number of benzene rings is 2. The zero-order chi connectivity index (χ0) is 23.5. The summed E-state index contributed by atoms with van der Waals surface area (Å²) in [5.41, 5.74) is 3.95. The molecule has 0 spiro atoms. The van der Waals surface area contributed by atoms with Gasteiger partial charge in [0.15, 0.2) is 0 Å². The molecule has 0 saturated carbocycles. The Morgan fingerprint density at radius 1 is 1.03 bits per heavy atom. The van der Waals surface area contributed by atoms with Crippen molar-refractivity contribution in [1.82, 2.24) is 19.4 Å². The lowest BCUT2D eigenvalue weighted by Crippen LogP contribution is -2.16. The normalized spacial score (nSPS) is 10.9. The number of nitrogens with zero attached hydrogens (tertiary/aromatic N) is 4. The smallest absolute Gasteiger partial charge is 0.275 e. The minimum Gasteiger partial charge on any atom is -0.473 e. The Morgan fingerprint density at radius 2 is 1.82 bits per heavy atom. The standard InChI is InChI=1S/C26H20FN5O2/c1-17-6-5-13-32-24(17)30-23(19-9-11-20(27)12-10-19)25(32)31-26(33)21-14-22(29-16-28-21)34-15-18-7-3-2-4-8-18/h2-14,16H,15H2,1H3,(H,31,33). The molecule has 0 aliphatic rings. The van der Waals surface area contributed by atoms with Crippen molar-refractivity contribution in [2.24, 2.45) is 0 Å². The summed E-state index contributed by atoms with van der Waals surface area (Å²) in [6, 6.07) is 20.9. The Bertz CT molecular complexity index is 1470. The number of ether oxygens (including phenoxy) is 1. The second kappa shape index (κ2) is 9.11. The van der Waals surface area contributed by atoms with Crippen LogP contribution in [-0.4, -0.2) is 25.3 Å². The molecule has 3 aromatic heterocycles. The molecule has 5 rings (SSSR count). The highest BCUT2D eigenvalue weighted by atomic mass is 19.1.